The Bertz CT molecular complexity index is 696. The van der Waals surface area contributed by atoms with Gasteiger partial charge in [0.05, 0.1) is 13.1 Å². The van der Waals surface area contributed by atoms with Crippen molar-refractivity contribution in [3.8, 4) is 0 Å². The molecule has 0 rings (SSSR count). The molecule has 6 nitrogen and oxygen atoms in total. The summed E-state index contributed by atoms with van der Waals surface area (Å²) in [5, 5.41) is 0. The third kappa shape index (κ3) is 28.3. The Morgan fingerprint density at radius 3 is 1.40 bits per heavy atom. The minimum absolute atomic E-state index is 0.0316. The number of hydrogen-bond donors (Lipinski definition) is 0. The second kappa shape index (κ2) is 24.6. The molecule has 0 unspecified atom stereocenters. The fourth-order valence-corrected chi connectivity index (χ4v) is 4.50. The predicted molar refractivity (Wildman–Crippen MR) is 175 cm³/mol. The van der Waals surface area contributed by atoms with Gasteiger partial charge in [0.25, 0.3) is 0 Å². The molecule has 0 N–H and O–H groups in total. The first-order valence-electron chi connectivity index (χ1n) is 17.1. The molecule has 0 aromatic heterocycles. The highest BCUT2D eigenvalue weighted by molar-refractivity contribution is 5.76. The molecule has 6 heteroatoms. The van der Waals surface area contributed by atoms with Crippen molar-refractivity contribution in [1.29, 1.82) is 0 Å². The summed E-state index contributed by atoms with van der Waals surface area (Å²) >= 11 is 0. The van der Waals surface area contributed by atoms with Gasteiger partial charge in [0.2, 0.25) is 5.91 Å². The summed E-state index contributed by atoms with van der Waals surface area (Å²) in [7, 11) is 0. The van der Waals surface area contributed by atoms with E-state index in [0.29, 0.717) is 32.4 Å². The van der Waals surface area contributed by atoms with E-state index in [4.69, 9.17) is 9.47 Å². The first-order valence-corrected chi connectivity index (χ1v) is 17.1. The lowest BCUT2D eigenvalue weighted by molar-refractivity contribution is -0.148. The largest absolute Gasteiger partial charge is 0.464 e. The molecule has 0 fully saturated rings. The Labute approximate surface area is 259 Å². The van der Waals surface area contributed by atoms with Gasteiger partial charge in [-0.25, -0.2) is 0 Å². The van der Waals surface area contributed by atoms with E-state index in [-0.39, 0.29) is 41.9 Å². The van der Waals surface area contributed by atoms with Crippen LogP contribution in [0.25, 0.3) is 0 Å². The van der Waals surface area contributed by atoms with E-state index in [2.05, 4.69) is 60.6 Å². The number of esters is 2. The number of nitrogens with zero attached hydrogens (tertiary/aromatic N) is 1. The van der Waals surface area contributed by atoms with Gasteiger partial charge in [0, 0.05) is 19.3 Å². The number of allylic oxidation sites excluding steroid dienone is 2. The molecular weight excluding hydrogens is 526 g/mol. The highest BCUT2D eigenvalue weighted by Crippen LogP contribution is 2.21. The maximum atomic E-state index is 13.0. The van der Waals surface area contributed by atoms with Crippen LogP contribution in [0.15, 0.2) is 12.2 Å². The van der Waals surface area contributed by atoms with Gasteiger partial charge in [-0.3, -0.25) is 14.4 Å². The van der Waals surface area contributed by atoms with Crippen LogP contribution in [0, 0.1) is 10.8 Å². The minimum Gasteiger partial charge on any atom is -0.464 e. The fraction of sp³-hybridized carbons (Fsp3) is 0.861. The van der Waals surface area contributed by atoms with Crippen molar-refractivity contribution >= 4 is 17.8 Å². The van der Waals surface area contributed by atoms with E-state index in [1.807, 2.05) is 0 Å². The normalized spacial score (nSPS) is 12.1. The molecule has 42 heavy (non-hydrogen) atoms. The lowest BCUT2D eigenvalue weighted by Crippen LogP contribution is -2.37. The van der Waals surface area contributed by atoms with Crippen LogP contribution in [0.1, 0.15) is 164 Å². The summed E-state index contributed by atoms with van der Waals surface area (Å²) in [4.78, 5) is 38.9. The van der Waals surface area contributed by atoms with Crippen LogP contribution in [0.5, 0.6) is 0 Å². The van der Waals surface area contributed by atoms with Crippen LogP contribution in [-0.4, -0.2) is 49.0 Å². The molecule has 0 aromatic carbocycles. The molecule has 0 saturated heterocycles. The van der Waals surface area contributed by atoms with Crippen LogP contribution in [-0.2, 0) is 23.9 Å². The average molecular weight is 594 g/mol. The Balaban J connectivity index is 4.32. The molecule has 246 valence electrons. The van der Waals surface area contributed by atoms with Crippen molar-refractivity contribution in [2.24, 2.45) is 10.8 Å². The highest BCUT2D eigenvalue weighted by atomic mass is 16.5. The minimum atomic E-state index is -0.233. The van der Waals surface area contributed by atoms with Gasteiger partial charge in [-0.15, -0.1) is 0 Å². The van der Waals surface area contributed by atoms with Crippen LogP contribution < -0.4 is 0 Å². The van der Waals surface area contributed by atoms with Crippen molar-refractivity contribution in [3.05, 3.63) is 12.2 Å². The second-order valence-electron chi connectivity index (χ2n) is 14.3. The quantitative estimate of drug-likeness (QED) is 0.0598. The molecule has 0 aliphatic carbocycles. The molecule has 1 amide bonds. The molecule has 0 atom stereocenters. The van der Waals surface area contributed by atoms with Crippen molar-refractivity contribution in [1.82, 2.24) is 4.90 Å². The third-order valence-corrected chi connectivity index (χ3v) is 7.41. The van der Waals surface area contributed by atoms with E-state index in [1.165, 1.54) is 57.8 Å². The van der Waals surface area contributed by atoms with Crippen molar-refractivity contribution in [2.75, 3.05) is 26.3 Å². The molecule has 0 saturated carbocycles. The number of hydrogen-bond acceptors (Lipinski definition) is 5. The van der Waals surface area contributed by atoms with Gasteiger partial charge in [0.15, 0.2) is 0 Å². The van der Waals surface area contributed by atoms with Crippen LogP contribution in [0.4, 0.5) is 0 Å². The lowest BCUT2D eigenvalue weighted by Gasteiger charge is -2.23. The van der Waals surface area contributed by atoms with E-state index < -0.39 is 0 Å². The highest BCUT2D eigenvalue weighted by Gasteiger charge is 2.18. The molecular formula is C36H67NO5. The Kier molecular flexibility index (Phi) is 23.5. The molecule has 0 aromatic rings. The zero-order valence-electron chi connectivity index (χ0n) is 28.7. The predicted octanol–water partition coefficient (Wildman–Crippen LogP) is 9.59. The topological polar surface area (TPSA) is 72.9 Å². The second-order valence-corrected chi connectivity index (χ2v) is 14.3. The number of unbranched alkanes of at least 4 members (excludes halogenated alkanes) is 11. The Morgan fingerprint density at radius 2 is 0.976 bits per heavy atom. The van der Waals surface area contributed by atoms with Crippen molar-refractivity contribution in [2.45, 2.75) is 164 Å². The number of carbonyl (C=O) groups is 3. The fourth-order valence-electron chi connectivity index (χ4n) is 4.50. The van der Waals surface area contributed by atoms with E-state index in [1.54, 1.807) is 4.90 Å². The molecule has 0 aliphatic heterocycles. The van der Waals surface area contributed by atoms with Crippen LogP contribution in [0.3, 0.4) is 0 Å². The standard InChI is InChI=1S/C36H67NO5/c1-8-9-10-11-12-13-14-15-16-17-18-19-20-21-22-23-32(38)37(28-30-41-33(39)24-26-35(2,3)4)29-31-42-34(40)25-27-36(5,6)7/h15-16H,8-14,17-31H2,1-7H3/b16-15-. The number of carbonyl (C=O) groups excluding carboxylic acids is 3. The van der Waals surface area contributed by atoms with E-state index >= 15 is 0 Å². The summed E-state index contributed by atoms with van der Waals surface area (Å²) in [5.74, 6) is -0.435. The molecule has 0 bridgehead atoms. The summed E-state index contributed by atoms with van der Waals surface area (Å²) < 4.78 is 10.8. The summed E-state index contributed by atoms with van der Waals surface area (Å²) in [6, 6.07) is 0. The Hall–Kier alpha value is -1.85. The monoisotopic (exact) mass is 594 g/mol. The summed E-state index contributed by atoms with van der Waals surface area (Å²) in [6.07, 6.45) is 23.3. The molecule has 0 spiro atoms. The van der Waals surface area contributed by atoms with E-state index in [9.17, 15) is 14.4 Å². The first-order chi connectivity index (χ1) is 19.8. The number of rotatable bonds is 25. The number of amides is 1. The zero-order valence-corrected chi connectivity index (χ0v) is 28.7. The van der Waals surface area contributed by atoms with Gasteiger partial charge >= 0.3 is 11.9 Å². The maximum absolute atomic E-state index is 13.0. The third-order valence-electron chi connectivity index (χ3n) is 7.41. The first kappa shape index (κ1) is 40.1. The van der Waals surface area contributed by atoms with Gasteiger partial charge < -0.3 is 14.4 Å². The van der Waals surface area contributed by atoms with Gasteiger partial charge in [-0.05, 0) is 55.8 Å². The van der Waals surface area contributed by atoms with Crippen molar-refractivity contribution < 1.29 is 23.9 Å². The smallest absolute Gasteiger partial charge is 0.305 e. The van der Waals surface area contributed by atoms with Crippen molar-refractivity contribution in [3.63, 3.8) is 0 Å². The SMILES string of the molecule is CCCCCCCC/C=C\CCCCCCCC(=O)N(CCOC(=O)CCC(C)(C)C)CCOC(=O)CCC(C)(C)C. The number of ether oxygens (including phenoxy) is 2. The zero-order chi connectivity index (χ0) is 31.7. The average Bonchev–Trinajstić information content (AvgIpc) is 2.91. The van der Waals surface area contributed by atoms with Crippen LogP contribution in [0.2, 0.25) is 0 Å². The molecule has 0 aliphatic rings. The summed E-state index contributed by atoms with van der Waals surface area (Å²) in [6.45, 7) is 15.8. The summed E-state index contributed by atoms with van der Waals surface area (Å²) in [5.41, 5.74) is 0.143. The van der Waals surface area contributed by atoms with Gasteiger partial charge in [-0.1, -0.05) is 112 Å². The molecule has 0 heterocycles. The van der Waals surface area contributed by atoms with Gasteiger partial charge in [0.1, 0.15) is 13.2 Å². The van der Waals surface area contributed by atoms with Crippen LogP contribution >= 0.6 is 0 Å². The van der Waals surface area contributed by atoms with E-state index in [0.717, 1.165) is 38.5 Å². The van der Waals surface area contributed by atoms with Gasteiger partial charge in [-0.2, -0.15) is 0 Å². The Morgan fingerprint density at radius 1 is 0.571 bits per heavy atom. The molecule has 0 radical (unpaired) electrons. The lowest BCUT2D eigenvalue weighted by atomic mass is 9.91. The maximum Gasteiger partial charge on any atom is 0.305 e.